The van der Waals surface area contributed by atoms with Crippen molar-refractivity contribution in [2.75, 3.05) is 11.4 Å². The van der Waals surface area contributed by atoms with E-state index in [2.05, 4.69) is 15.6 Å². The van der Waals surface area contributed by atoms with Crippen LogP contribution in [0.4, 0.5) is 5.95 Å². The highest BCUT2D eigenvalue weighted by atomic mass is 16.2. The summed E-state index contributed by atoms with van der Waals surface area (Å²) >= 11 is 0. The SMILES string of the molecule is O=C(Cc1ccccc1)N1CCn2c1nc1ccccc12. The van der Waals surface area contributed by atoms with Gasteiger partial charge in [-0.15, -0.1) is 0 Å². The van der Waals surface area contributed by atoms with Crippen molar-refractivity contribution in [3.63, 3.8) is 0 Å². The number of aromatic nitrogens is 2. The maximum atomic E-state index is 12.5. The molecule has 104 valence electrons. The molecule has 0 fully saturated rings. The van der Waals surface area contributed by atoms with E-state index >= 15 is 0 Å². The molecule has 4 heteroatoms. The molecule has 4 nitrogen and oxygen atoms in total. The predicted octanol–water partition coefficient (Wildman–Crippen LogP) is 2.63. The Kier molecular flexibility index (Phi) is 2.74. The Morgan fingerprint density at radius 3 is 2.62 bits per heavy atom. The average Bonchev–Trinajstić information content (AvgIpc) is 3.07. The van der Waals surface area contributed by atoms with Gasteiger partial charge in [0.25, 0.3) is 0 Å². The lowest BCUT2D eigenvalue weighted by atomic mass is 10.1. The van der Waals surface area contributed by atoms with Gasteiger partial charge in [-0.3, -0.25) is 9.69 Å². The summed E-state index contributed by atoms with van der Waals surface area (Å²) in [6, 6.07) is 17.9. The Morgan fingerprint density at radius 1 is 1.00 bits per heavy atom. The minimum absolute atomic E-state index is 0.107. The Hall–Kier alpha value is -2.62. The molecule has 0 atom stereocenters. The Morgan fingerprint density at radius 2 is 1.76 bits per heavy atom. The number of rotatable bonds is 2. The molecule has 1 aromatic heterocycles. The van der Waals surface area contributed by atoms with Crippen molar-refractivity contribution in [3.8, 4) is 0 Å². The number of carbonyl (C=O) groups excluding carboxylic acids is 1. The molecule has 0 radical (unpaired) electrons. The van der Waals surface area contributed by atoms with Crippen LogP contribution in [-0.2, 0) is 17.8 Å². The summed E-state index contributed by atoms with van der Waals surface area (Å²) in [4.78, 5) is 18.9. The van der Waals surface area contributed by atoms with E-state index in [9.17, 15) is 4.79 Å². The van der Waals surface area contributed by atoms with Gasteiger partial charge < -0.3 is 4.57 Å². The maximum Gasteiger partial charge on any atom is 0.233 e. The molecule has 0 unspecified atom stereocenters. The molecule has 0 saturated carbocycles. The van der Waals surface area contributed by atoms with E-state index in [0.29, 0.717) is 13.0 Å². The van der Waals surface area contributed by atoms with E-state index in [0.717, 1.165) is 29.1 Å². The third-order valence-corrected chi connectivity index (χ3v) is 3.92. The number of carbonyl (C=O) groups is 1. The summed E-state index contributed by atoms with van der Waals surface area (Å²) in [6.07, 6.45) is 0.421. The molecule has 1 aliphatic rings. The number of amides is 1. The number of nitrogens with zero attached hydrogens (tertiary/aromatic N) is 3. The van der Waals surface area contributed by atoms with Crippen molar-refractivity contribution in [3.05, 3.63) is 60.2 Å². The Balaban J connectivity index is 1.65. The lowest BCUT2D eigenvalue weighted by Crippen LogP contribution is -2.30. The quantitative estimate of drug-likeness (QED) is 0.722. The number of para-hydroxylation sites is 2. The molecule has 21 heavy (non-hydrogen) atoms. The van der Waals surface area contributed by atoms with Gasteiger partial charge >= 0.3 is 0 Å². The van der Waals surface area contributed by atoms with Crippen LogP contribution in [0.1, 0.15) is 5.56 Å². The second kappa shape index (κ2) is 4.74. The van der Waals surface area contributed by atoms with E-state index < -0.39 is 0 Å². The smallest absolute Gasteiger partial charge is 0.233 e. The van der Waals surface area contributed by atoms with Crippen molar-refractivity contribution in [2.24, 2.45) is 0 Å². The van der Waals surface area contributed by atoms with Crippen LogP contribution in [0, 0.1) is 0 Å². The minimum atomic E-state index is 0.107. The van der Waals surface area contributed by atoms with Crippen LogP contribution >= 0.6 is 0 Å². The van der Waals surface area contributed by atoms with Crippen LogP contribution in [0.3, 0.4) is 0 Å². The highest BCUT2D eigenvalue weighted by molar-refractivity contribution is 5.96. The zero-order chi connectivity index (χ0) is 14.2. The summed E-state index contributed by atoms with van der Waals surface area (Å²) in [6.45, 7) is 1.52. The fourth-order valence-corrected chi connectivity index (χ4v) is 2.89. The number of imidazole rings is 1. The van der Waals surface area contributed by atoms with Gasteiger partial charge in [0.2, 0.25) is 11.9 Å². The molecule has 0 N–H and O–H groups in total. The van der Waals surface area contributed by atoms with Crippen LogP contribution in [0.5, 0.6) is 0 Å². The maximum absolute atomic E-state index is 12.5. The molecule has 1 amide bonds. The van der Waals surface area contributed by atoms with Crippen LogP contribution in [0.2, 0.25) is 0 Å². The van der Waals surface area contributed by atoms with Gasteiger partial charge in [-0.25, -0.2) is 4.98 Å². The molecular formula is C17H15N3O. The number of fused-ring (bicyclic) bond motifs is 3. The Labute approximate surface area is 122 Å². The van der Waals surface area contributed by atoms with Crippen molar-refractivity contribution in [1.82, 2.24) is 9.55 Å². The standard InChI is InChI=1S/C17H15N3O/c21-16(12-13-6-2-1-3-7-13)20-11-10-19-15-9-5-4-8-14(15)18-17(19)20/h1-9H,10-12H2. The van der Waals surface area contributed by atoms with Crippen LogP contribution in [0.15, 0.2) is 54.6 Å². The predicted molar refractivity (Wildman–Crippen MR) is 82.2 cm³/mol. The zero-order valence-electron chi connectivity index (χ0n) is 11.6. The van der Waals surface area contributed by atoms with Crippen LogP contribution in [-0.4, -0.2) is 22.0 Å². The van der Waals surface area contributed by atoms with Gasteiger partial charge in [0.15, 0.2) is 0 Å². The highest BCUT2D eigenvalue weighted by Crippen LogP contribution is 2.27. The molecule has 0 aliphatic carbocycles. The zero-order valence-corrected chi connectivity index (χ0v) is 11.6. The first-order valence-corrected chi connectivity index (χ1v) is 7.12. The molecule has 4 rings (SSSR count). The highest BCUT2D eigenvalue weighted by Gasteiger charge is 2.27. The Bertz CT molecular complexity index is 807. The first-order chi connectivity index (χ1) is 10.3. The summed E-state index contributed by atoms with van der Waals surface area (Å²) in [7, 11) is 0. The molecule has 1 aliphatic heterocycles. The number of hydrogen-bond donors (Lipinski definition) is 0. The molecular weight excluding hydrogens is 262 g/mol. The number of hydrogen-bond acceptors (Lipinski definition) is 2. The first-order valence-electron chi connectivity index (χ1n) is 7.12. The van der Waals surface area contributed by atoms with E-state index in [1.54, 1.807) is 4.90 Å². The summed E-state index contributed by atoms with van der Waals surface area (Å²) in [5.74, 6) is 0.882. The lowest BCUT2D eigenvalue weighted by molar-refractivity contribution is -0.117. The molecule has 0 spiro atoms. The third kappa shape index (κ3) is 2.00. The van der Waals surface area contributed by atoms with Crippen molar-refractivity contribution < 1.29 is 4.79 Å². The van der Waals surface area contributed by atoms with Crippen molar-refractivity contribution in [1.29, 1.82) is 0 Å². The fourth-order valence-electron chi connectivity index (χ4n) is 2.89. The second-order valence-corrected chi connectivity index (χ2v) is 5.26. The van der Waals surface area contributed by atoms with Gasteiger partial charge in [-0.05, 0) is 17.7 Å². The number of benzene rings is 2. The minimum Gasteiger partial charge on any atom is -0.308 e. The summed E-state index contributed by atoms with van der Waals surface area (Å²) in [5, 5.41) is 0. The van der Waals surface area contributed by atoms with Crippen molar-refractivity contribution in [2.45, 2.75) is 13.0 Å². The normalized spacial score (nSPS) is 13.6. The van der Waals surface area contributed by atoms with Crippen molar-refractivity contribution >= 4 is 22.9 Å². The lowest BCUT2D eigenvalue weighted by Gasteiger charge is -2.13. The molecule has 0 bridgehead atoms. The summed E-state index contributed by atoms with van der Waals surface area (Å²) in [5.41, 5.74) is 3.09. The van der Waals surface area contributed by atoms with E-state index in [1.807, 2.05) is 48.5 Å². The second-order valence-electron chi connectivity index (χ2n) is 5.26. The van der Waals surface area contributed by atoms with Gasteiger partial charge in [0, 0.05) is 13.1 Å². The monoisotopic (exact) mass is 277 g/mol. The molecule has 3 aromatic rings. The van der Waals surface area contributed by atoms with E-state index in [4.69, 9.17) is 0 Å². The van der Waals surface area contributed by atoms with Gasteiger partial charge in [-0.1, -0.05) is 42.5 Å². The largest absolute Gasteiger partial charge is 0.308 e. The third-order valence-electron chi connectivity index (χ3n) is 3.92. The fraction of sp³-hybridized carbons (Fsp3) is 0.176. The van der Waals surface area contributed by atoms with E-state index in [1.165, 1.54) is 0 Å². The van der Waals surface area contributed by atoms with Crippen LogP contribution in [0.25, 0.3) is 11.0 Å². The molecule has 0 saturated heterocycles. The van der Waals surface area contributed by atoms with Gasteiger partial charge in [-0.2, -0.15) is 0 Å². The number of anilines is 1. The average molecular weight is 277 g/mol. The topological polar surface area (TPSA) is 38.1 Å². The van der Waals surface area contributed by atoms with Crippen LogP contribution < -0.4 is 4.90 Å². The summed E-state index contributed by atoms with van der Waals surface area (Å²) < 4.78 is 2.12. The van der Waals surface area contributed by atoms with Gasteiger partial charge in [0.1, 0.15) is 0 Å². The molecule has 2 aromatic carbocycles. The first kappa shape index (κ1) is 12.1. The van der Waals surface area contributed by atoms with Gasteiger partial charge in [0.05, 0.1) is 17.5 Å². The molecule has 2 heterocycles. The van der Waals surface area contributed by atoms with E-state index in [-0.39, 0.29) is 5.91 Å².